The van der Waals surface area contributed by atoms with Gasteiger partial charge >= 0.3 is 5.97 Å². The van der Waals surface area contributed by atoms with Crippen LogP contribution in [0, 0.1) is 12.7 Å². The highest BCUT2D eigenvalue weighted by molar-refractivity contribution is 5.91. The molecular weight excluding hydrogens is 299 g/mol. The molecule has 6 heteroatoms. The summed E-state index contributed by atoms with van der Waals surface area (Å²) in [4.78, 5) is 15.8. The monoisotopic (exact) mass is 314 g/mol. The van der Waals surface area contributed by atoms with E-state index in [4.69, 9.17) is 4.42 Å². The van der Waals surface area contributed by atoms with E-state index in [0.717, 1.165) is 11.4 Å². The summed E-state index contributed by atoms with van der Waals surface area (Å²) in [5, 5.41) is 3.88. The molecule has 1 N–H and O–H groups in total. The number of rotatable bonds is 4. The molecule has 0 amide bonds. The van der Waals surface area contributed by atoms with Crippen molar-refractivity contribution in [2.45, 2.75) is 13.5 Å². The smallest absolute Gasteiger partial charge is 0.373 e. The molecular formula is C17H15FN2O3. The Bertz CT molecular complexity index is 873. The Morgan fingerprint density at radius 3 is 2.91 bits per heavy atom. The van der Waals surface area contributed by atoms with Crippen LogP contribution in [0.2, 0.25) is 0 Å². The summed E-state index contributed by atoms with van der Waals surface area (Å²) >= 11 is 0. The third-order valence-electron chi connectivity index (χ3n) is 3.40. The van der Waals surface area contributed by atoms with Gasteiger partial charge in [0.05, 0.1) is 19.2 Å². The van der Waals surface area contributed by atoms with Crippen molar-refractivity contribution in [1.82, 2.24) is 4.98 Å². The number of fused-ring (bicyclic) bond motifs is 1. The van der Waals surface area contributed by atoms with Gasteiger partial charge in [-0.1, -0.05) is 0 Å². The third kappa shape index (κ3) is 3.15. The number of carbonyl (C=O) groups excluding carboxylic acids is 1. The molecule has 0 unspecified atom stereocenters. The van der Waals surface area contributed by atoms with E-state index in [9.17, 15) is 9.18 Å². The third-order valence-corrected chi connectivity index (χ3v) is 3.40. The van der Waals surface area contributed by atoms with Crippen molar-refractivity contribution in [3.63, 3.8) is 0 Å². The molecule has 118 valence electrons. The van der Waals surface area contributed by atoms with E-state index in [-0.39, 0.29) is 11.6 Å². The highest BCUT2D eigenvalue weighted by Crippen LogP contribution is 2.25. The zero-order valence-electron chi connectivity index (χ0n) is 12.7. The number of hydrogen-bond donors (Lipinski definition) is 1. The summed E-state index contributed by atoms with van der Waals surface area (Å²) in [6.45, 7) is 2.22. The molecule has 0 spiro atoms. The maximum Gasteiger partial charge on any atom is 0.373 e. The van der Waals surface area contributed by atoms with Crippen LogP contribution in [-0.4, -0.2) is 18.1 Å². The van der Waals surface area contributed by atoms with Gasteiger partial charge in [-0.3, -0.25) is 4.98 Å². The number of benzene rings is 1. The van der Waals surface area contributed by atoms with E-state index in [1.165, 1.54) is 19.2 Å². The SMILES string of the molecule is COC(=O)c1ccc(CNc2cc(C)nc3ccc(F)cc23)o1. The highest BCUT2D eigenvalue weighted by Gasteiger charge is 2.11. The summed E-state index contributed by atoms with van der Waals surface area (Å²) in [5.41, 5.74) is 2.29. The number of esters is 1. The lowest BCUT2D eigenvalue weighted by Crippen LogP contribution is -2.01. The number of nitrogens with zero attached hydrogens (tertiary/aromatic N) is 1. The number of aromatic nitrogens is 1. The predicted octanol–water partition coefficient (Wildman–Crippen LogP) is 3.67. The van der Waals surface area contributed by atoms with Crippen LogP contribution in [0.15, 0.2) is 40.8 Å². The number of anilines is 1. The number of methoxy groups -OCH3 is 1. The fourth-order valence-corrected chi connectivity index (χ4v) is 2.34. The lowest BCUT2D eigenvalue weighted by atomic mass is 10.1. The average Bonchev–Trinajstić information content (AvgIpc) is 3.01. The summed E-state index contributed by atoms with van der Waals surface area (Å²) in [6.07, 6.45) is 0. The van der Waals surface area contributed by atoms with Crippen LogP contribution in [-0.2, 0) is 11.3 Å². The molecule has 5 nitrogen and oxygen atoms in total. The van der Waals surface area contributed by atoms with Crippen LogP contribution in [0.5, 0.6) is 0 Å². The molecule has 0 radical (unpaired) electrons. The molecule has 0 aliphatic heterocycles. The van der Waals surface area contributed by atoms with Crippen molar-refractivity contribution in [3.8, 4) is 0 Å². The van der Waals surface area contributed by atoms with Gasteiger partial charge in [-0.05, 0) is 43.3 Å². The fourth-order valence-electron chi connectivity index (χ4n) is 2.34. The maximum atomic E-state index is 13.5. The lowest BCUT2D eigenvalue weighted by molar-refractivity contribution is 0.0563. The molecule has 0 aliphatic carbocycles. The fraction of sp³-hybridized carbons (Fsp3) is 0.176. The van der Waals surface area contributed by atoms with Crippen LogP contribution < -0.4 is 5.32 Å². The van der Waals surface area contributed by atoms with Gasteiger partial charge in [-0.2, -0.15) is 0 Å². The van der Waals surface area contributed by atoms with Crippen LogP contribution in [0.3, 0.4) is 0 Å². The zero-order chi connectivity index (χ0) is 16.4. The van der Waals surface area contributed by atoms with Crippen molar-refractivity contribution in [2.75, 3.05) is 12.4 Å². The zero-order valence-corrected chi connectivity index (χ0v) is 12.7. The molecule has 0 fully saturated rings. The Labute approximate surface area is 132 Å². The minimum Gasteiger partial charge on any atom is -0.463 e. The Morgan fingerprint density at radius 1 is 1.30 bits per heavy atom. The van der Waals surface area contributed by atoms with Crippen molar-refractivity contribution >= 4 is 22.6 Å². The minimum absolute atomic E-state index is 0.145. The topological polar surface area (TPSA) is 64.4 Å². The maximum absolute atomic E-state index is 13.5. The minimum atomic E-state index is -0.525. The summed E-state index contributed by atoms with van der Waals surface area (Å²) in [7, 11) is 1.29. The van der Waals surface area contributed by atoms with Crippen molar-refractivity contribution in [1.29, 1.82) is 0 Å². The van der Waals surface area contributed by atoms with E-state index in [1.807, 2.05) is 13.0 Å². The molecule has 0 atom stereocenters. The molecule has 0 bridgehead atoms. The summed E-state index contributed by atoms with van der Waals surface area (Å²) in [6, 6.07) is 9.55. The molecule has 1 aromatic carbocycles. The number of halogens is 1. The number of nitrogens with one attached hydrogen (secondary N) is 1. The van der Waals surface area contributed by atoms with Gasteiger partial charge in [0.2, 0.25) is 5.76 Å². The first-order valence-electron chi connectivity index (χ1n) is 7.04. The number of pyridine rings is 1. The largest absolute Gasteiger partial charge is 0.463 e. The highest BCUT2D eigenvalue weighted by atomic mass is 19.1. The molecule has 0 saturated heterocycles. The van der Waals surface area contributed by atoms with Crippen LogP contribution >= 0.6 is 0 Å². The second kappa shape index (κ2) is 6.08. The van der Waals surface area contributed by atoms with Crippen LogP contribution in [0.1, 0.15) is 22.0 Å². The first-order chi connectivity index (χ1) is 11.1. The van der Waals surface area contributed by atoms with Gasteiger partial charge in [0.1, 0.15) is 11.6 Å². The second-order valence-electron chi connectivity index (χ2n) is 5.08. The van der Waals surface area contributed by atoms with Crippen LogP contribution in [0.25, 0.3) is 10.9 Å². The normalized spacial score (nSPS) is 10.7. The summed E-state index contributed by atoms with van der Waals surface area (Å²) < 4.78 is 23.5. The van der Waals surface area contributed by atoms with Gasteiger partial charge < -0.3 is 14.5 Å². The van der Waals surface area contributed by atoms with E-state index >= 15 is 0 Å². The van der Waals surface area contributed by atoms with Gasteiger partial charge in [-0.15, -0.1) is 0 Å². The second-order valence-corrected chi connectivity index (χ2v) is 5.08. The molecule has 0 aliphatic rings. The van der Waals surface area contributed by atoms with E-state index in [1.54, 1.807) is 18.2 Å². The molecule has 0 saturated carbocycles. The van der Waals surface area contributed by atoms with Gasteiger partial charge in [0.25, 0.3) is 0 Å². The van der Waals surface area contributed by atoms with Crippen molar-refractivity contribution < 1.29 is 18.3 Å². The van der Waals surface area contributed by atoms with Crippen molar-refractivity contribution in [2.24, 2.45) is 0 Å². The molecule has 2 aromatic heterocycles. The lowest BCUT2D eigenvalue weighted by Gasteiger charge is -2.10. The quantitative estimate of drug-likeness (QED) is 0.744. The van der Waals surface area contributed by atoms with Gasteiger partial charge in [0.15, 0.2) is 0 Å². The summed E-state index contributed by atoms with van der Waals surface area (Å²) in [5.74, 6) is -0.128. The first kappa shape index (κ1) is 15.0. The molecule has 2 heterocycles. The molecule has 3 rings (SSSR count). The standard InChI is InChI=1S/C17H15FN2O3/c1-10-7-15(13-8-11(18)3-5-14(13)20-10)19-9-12-4-6-16(23-12)17(21)22-2/h3-8H,9H2,1-2H3,(H,19,20). The number of hydrogen-bond acceptors (Lipinski definition) is 5. The Kier molecular flexibility index (Phi) is 3.97. The van der Waals surface area contributed by atoms with Crippen molar-refractivity contribution in [3.05, 3.63) is 59.4 Å². The molecule has 3 aromatic rings. The van der Waals surface area contributed by atoms with Gasteiger partial charge in [0, 0.05) is 16.8 Å². The molecule has 23 heavy (non-hydrogen) atoms. The van der Waals surface area contributed by atoms with E-state index in [0.29, 0.717) is 23.2 Å². The van der Waals surface area contributed by atoms with E-state index in [2.05, 4.69) is 15.0 Å². The number of carbonyl (C=O) groups is 1. The van der Waals surface area contributed by atoms with E-state index < -0.39 is 5.97 Å². The number of furan rings is 1. The first-order valence-corrected chi connectivity index (χ1v) is 7.04. The Morgan fingerprint density at radius 2 is 2.13 bits per heavy atom. The Hall–Kier alpha value is -2.89. The van der Waals surface area contributed by atoms with Crippen LogP contribution in [0.4, 0.5) is 10.1 Å². The predicted molar refractivity (Wildman–Crippen MR) is 83.8 cm³/mol. The Balaban J connectivity index is 1.85. The average molecular weight is 314 g/mol. The van der Waals surface area contributed by atoms with Gasteiger partial charge in [-0.25, -0.2) is 9.18 Å². The number of aryl methyl sites for hydroxylation is 1. The number of ether oxygens (including phenoxy) is 1.